The Kier molecular flexibility index (Phi) is 5.88. The molecule has 1 saturated carbocycles. The highest BCUT2D eigenvalue weighted by Crippen LogP contribution is 2.31. The minimum Gasteiger partial charge on any atom is -0.371 e. The molecule has 2 N–H and O–H groups in total. The minimum atomic E-state index is -0.493. The number of aromatic nitrogens is 3. The van der Waals surface area contributed by atoms with Crippen molar-refractivity contribution in [3.05, 3.63) is 35.7 Å². The number of primary amides is 1. The van der Waals surface area contributed by atoms with Crippen molar-refractivity contribution >= 4 is 11.6 Å². The molecule has 3 heterocycles. The van der Waals surface area contributed by atoms with E-state index >= 15 is 0 Å². The van der Waals surface area contributed by atoms with Gasteiger partial charge in [0, 0.05) is 37.3 Å². The van der Waals surface area contributed by atoms with E-state index < -0.39 is 5.91 Å². The third-order valence-corrected chi connectivity index (χ3v) is 6.05. The average Bonchev–Trinajstić information content (AvgIpc) is 3.00. The van der Waals surface area contributed by atoms with Crippen LogP contribution in [-0.4, -0.2) is 34.1 Å². The summed E-state index contributed by atoms with van der Waals surface area (Å²) in [4.78, 5) is 22.5. The third-order valence-electron chi connectivity index (χ3n) is 6.05. The maximum atomic E-state index is 11.4. The van der Waals surface area contributed by atoms with Crippen LogP contribution in [0.15, 0.2) is 22.9 Å². The van der Waals surface area contributed by atoms with Crippen LogP contribution in [0.3, 0.4) is 0 Å². The largest absolute Gasteiger partial charge is 0.371 e. The average molecular weight is 383 g/mol. The molecule has 1 amide bonds. The zero-order valence-electron chi connectivity index (χ0n) is 16.3. The summed E-state index contributed by atoms with van der Waals surface area (Å²) in [5.41, 5.74) is 6.68. The van der Waals surface area contributed by atoms with Gasteiger partial charge in [-0.15, -0.1) is 0 Å². The first-order valence-electron chi connectivity index (χ1n) is 10.5. The summed E-state index contributed by atoms with van der Waals surface area (Å²) >= 11 is 0. The van der Waals surface area contributed by atoms with Gasteiger partial charge in [-0.05, 0) is 43.7 Å². The number of carbonyl (C=O) groups excluding carboxylic acids is 1. The Bertz CT molecular complexity index is 798. The molecule has 1 aliphatic carbocycles. The summed E-state index contributed by atoms with van der Waals surface area (Å²) in [6, 6.07) is 3.72. The Balaban J connectivity index is 1.39. The van der Waals surface area contributed by atoms with Crippen LogP contribution in [0.5, 0.6) is 0 Å². The van der Waals surface area contributed by atoms with Crippen LogP contribution >= 0.6 is 0 Å². The van der Waals surface area contributed by atoms with Crippen molar-refractivity contribution in [3.63, 3.8) is 0 Å². The number of hydrogen-bond donors (Lipinski definition) is 1. The van der Waals surface area contributed by atoms with Crippen LogP contribution in [0.1, 0.15) is 79.5 Å². The topological polar surface area (TPSA) is 98.1 Å². The van der Waals surface area contributed by atoms with Crippen LogP contribution in [0.2, 0.25) is 0 Å². The second kappa shape index (κ2) is 8.71. The fourth-order valence-electron chi connectivity index (χ4n) is 4.52. The van der Waals surface area contributed by atoms with Crippen molar-refractivity contribution in [2.75, 3.05) is 18.0 Å². The minimum absolute atomic E-state index is 0.310. The molecule has 7 heteroatoms. The summed E-state index contributed by atoms with van der Waals surface area (Å²) in [5.74, 6) is 2.10. The van der Waals surface area contributed by atoms with E-state index in [4.69, 9.17) is 15.2 Å². The van der Waals surface area contributed by atoms with E-state index in [-0.39, 0.29) is 0 Å². The van der Waals surface area contributed by atoms with Crippen LogP contribution in [0.4, 0.5) is 5.69 Å². The van der Waals surface area contributed by atoms with Gasteiger partial charge in [0.05, 0.1) is 0 Å². The first-order chi connectivity index (χ1) is 13.7. The van der Waals surface area contributed by atoms with E-state index in [0.29, 0.717) is 17.5 Å². The molecule has 0 spiro atoms. The predicted molar refractivity (Wildman–Crippen MR) is 106 cm³/mol. The van der Waals surface area contributed by atoms with E-state index in [2.05, 4.69) is 15.0 Å². The van der Waals surface area contributed by atoms with Crippen molar-refractivity contribution in [1.29, 1.82) is 0 Å². The monoisotopic (exact) mass is 383 g/mol. The third kappa shape index (κ3) is 4.51. The van der Waals surface area contributed by atoms with Gasteiger partial charge in [0.1, 0.15) is 5.69 Å². The van der Waals surface area contributed by atoms with Gasteiger partial charge in [-0.2, -0.15) is 4.98 Å². The molecule has 0 bridgehead atoms. The zero-order chi connectivity index (χ0) is 19.3. The lowest BCUT2D eigenvalue weighted by Gasteiger charge is -2.34. The molecule has 150 valence electrons. The molecule has 2 aromatic heterocycles. The number of hydrogen-bond acceptors (Lipinski definition) is 6. The van der Waals surface area contributed by atoms with E-state index in [9.17, 15) is 4.79 Å². The molecule has 0 aromatic carbocycles. The first kappa shape index (κ1) is 18.9. The van der Waals surface area contributed by atoms with Gasteiger partial charge >= 0.3 is 0 Å². The molecular weight excluding hydrogens is 354 g/mol. The summed E-state index contributed by atoms with van der Waals surface area (Å²) in [6.07, 6.45) is 12.3. The van der Waals surface area contributed by atoms with Gasteiger partial charge in [0.2, 0.25) is 5.89 Å². The van der Waals surface area contributed by atoms with E-state index in [1.807, 2.05) is 6.07 Å². The molecule has 28 heavy (non-hydrogen) atoms. The molecule has 1 saturated heterocycles. The number of amides is 1. The molecule has 2 fully saturated rings. The Labute approximate surface area is 165 Å². The van der Waals surface area contributed by atoms with E-state index in [1.54, 1.807) is 12.3 Å². The van der Waals surface area contributed by atoms with Crippen molar-refractivity contribution in [2.24, 2.45) is 11.7 Å². The van der Waals surface area contributed by atoms with Gasteiger partial charge in [-0.25, -0.2) is 0 Å². The van der Waals surface area contributed by atoms with Crippen molar-refractivity contribution < 1.29 is 9.32 Å². The lowest BCUT2D eigenvalue weighted by Crippen LogP contribution is -2.36. The maximum Gasteiger partial charge on any atom is 0.267 e. The van der Waals surface area contributed by atoms with Gasteiger partial charge in [-0.3, -0.25) is 9.78 Å². The second-order valence-electron chi connectivity index (χ2n) is 8.16. The number of nitrogens with two attached hydrogens (primary N) is 1. The summed E-state index contributed by atoms with van der Waals surface area (Å²) < 4.78 is 5.60. The highest BCUT2D eigenvalue weighted by molar-refractivity contribution is 5.91. The van der Waals surface area contributed by atoms with Crippen molar-refractivity contribution in [2.45, 2.75) is 63.7 Å². The Morgan fingerprint density at radius 1 is 1.18 bits per heavy atom. The van der Waals surface area contributed by atoms with Crippen LogP contribution < -0.4 is 10.6 Å². The normalized spacial score (nSPS) is 21.4. The van der Waals surface area contributed by atoms with Crippen molar-refractivity contribution in [3.8, 4) is 0 Å². The molecule has 4 rings (SSSR count). The molecule has 7 nitrogen and oxygen atoms in total. The van der Waals surface area contributed by atoms with Crippen molar-refractivity contribution in [1.82, 2.24) is 15.1 Å². The van der Waals surface area contributed by atoms with Crippen LogP contribution in [0.25, 0.3) is 0 Å². The number of carbonyl (C=O) groups is 1. The predicted octanol–water partition coefficient (Wildman–Crippen LogP) is 3.46. The van der Waals surface area contributed by atoms with Gasteiger partial charge in [0.15, 0.2) is 5.82 Å². The molecule has 2 aromatic rings. The number of piperidine rings is 1. The SMILES string of the molecule is NC(=O)c1cc(N2CCCC(Cc3nc(C4CCCCCC4)no3)C2)ccn1. The van der Waals surface area contributed by atoms with E-state index in [0.717, 1.165) is 49.8 Å². The number of rotatable bonds is 5. The molecular formula is C21H29N5O2. The lowest BCUT2D eigenvalue weighted by molar-refractivity contribution is 0.0995. The van der Waals surface area contributed by atoms with E-state index in [1.165, 1.54) is 38.5 Å². The molecule has 1 unspecified atom stereocenters. The Morgan fingerprint density at radius 3 is 2.79 bits per heavy atom. The fourth-order valence-corrected chi connectivity index (χ4v) is 4.52. The fraction of sp³-hybridized carbons (Fsp3) is 0.619. The number of pyridine rings is 1. The zero-order valence-corrected chi connectivity index (χ0v) is 16.3. The van der Waals surface area contributed by atoms with Gasteiger partial charge < -0.3 is 15.2 Å². The summed E-state index contributed by atoms with van der Waals surface area (Å²) in [6.45, 7) is 1.87. The molecule has 1 atom stereocenters. The number of anilines is 1. The maximum absolute atomic E-state index is 11.4. The molecule has 2 aliphatic rings. The Morgan fingerprint density at radius 2 is 2.00 bits per heavy atom. The highest BCUT2D eigenvalue weighted by atomic mass is 16.5. The van der Waals surface area contributed by atoms with Gasteiger partial charge in [-0.1, -0.05) is 30.8 Å². The Hall–Kier alpha value is -2.44. The standard InChI is InChI=1S/C21H29N5O2/c22-20(27)18-13-17(9-10-23-18)26-11-5-6-15(14-26)12-19-24-21(25-28-19)16-7-3-1-2-4-8-16/h9-10,13,15-16H,1-8,11-12,14H2,(H2,22,27). The van der Waals surface area contributed by atoms with Crippen LogP contribution in [0, 0.1) is 5.92 Å². The second-order valence-corrected chi connectivity index (χ2v) is 8.16. The smallest absolute Gasteiger partial charge is 0.267 e. The lowest BCUT2D eigenvalue weighted by atomic mass is 9.94. The highest BCUT2D eigenvalue weighted by Gasteiger charge is 2.25. The summed E-state index contributed by atoms with van der Waals surface area (Å²) in [5, 5.41) is 4.30. The van der Waals surface area contributed by atoms with Gasteiger partial charge in [0.25, 0.3) is 5.91 Å². The molecule has 1 aliphatic heterocycles. The number of nitrogens with zero attached hydrogens (tertiary/aromatic N) is 4. The van der Waals surface area contributed by atoms with Crippen LogP contribution in [-0.2, 0) is 6.42 Å². The first-order valence-corrected chi connectivity index (χ1v) is 10.5. The molecule has 0 radical (unpaired) electrons. The quantitative estimate of drug-likeness (QED) is 0.794. The summed E-state index contributed by atoms with van der Waals surface area (Å²) in [7, 11) is 0.